The summed E-state index contributed by atoms with van der Waals surface area (Å²) >= 11 is 1.34. The van der Waals surface area contributed by atoms with Gasteiger partial charge in [-0.15, -0.1) is 0 Å². The third-order valence-corrected chi connectivity index (χ3v) is 5.84. The van der Waals surface area contributed by atoms with E-state index < -0.39 is 0 Å². The van der Waals surface area contributed by atoms with Gasteiger partial charge in [0.2, 0.25) is 5.91 Å². The molecular weight excluding hydrogens is 362 g/mol. The lowest BCUT2D eigenvalue weighted by Gasteiger charge is -2.35. The Hall–Kier alpha value is -1.86. The molecule has 1 amide bonds. The maximum Gasteiger partial charge on any atom is 0.262 e. The van der Waals surface area contributed by atoms with Gasteiger partial charge < -0.3 is 9.64 Å². The first-order valence-corrected chi connectivity index (χ1v) is 10.5. The zero-order valence-electron chi connectivity index (χ0n) is 16.3. The minimum Gasteiger partial charge on any atom is -0.372 e. The van der Waals surface area contributed by atoms with E-state index >= 15 is 0 Å². The summed E-state index contributed by atoms with van der Waals surface area (Å²) in [6.07, 6.45) is 0.902. The Morgan fingerprint density at radius 3 is 2.63 bits per heavy atom. The van der Waals surface area contributed by atoms with E-state index in [4.69, 9.17) is 4.74 Å². The number of ether oxygens (including phenoxy) is 1. The number of benzene rings is 1. The number of thioether (sulfide) groups is 1. The number of nitrogens with zero attached hydrogens (tertiary/aromatic N) is 3. The monoisotopic (exact) mass is 389 g/mol. The van der Waals surface area contributed by atoms with Crippen LogP contribution in [0.1, 0.15) is 40.2 Å². The van der Waals surface area contributed by atoms with Gasteiger partial charge in [0.05, 0.1) is 28.9 Å². The summed E-state index contributed by atoms with van der Waals surface area (Å²) in [6, 6.07) is 7.40. The molecule has 0 N–H and O–H groups in total. The van der Waals surface area contributed by atoms with Crippen molar-refractivity contribution in [1.29, 1.82) is 0 Å². The SMILES string of the molecule is CC[C@@H](C)n1c(SCC(=O)N2C[C@@H](C)O[C@H](C)C2)nc2ccccc2c1=O. The van der Waals surface area contributed by atoms with Crippen molar-refractivity contribution in [2.75, 3.05) is 18.8 Å². The Morgan fingerprint density at radius 1 is 1.30 bits per heavy atom. The van der Waals surface area contributed by atoms with Crippen LogP contribution in [0.3, 0.4) is 0 Å². The molecule has 2 heterocycles. The molecule has 1 aromatic heterocycles. The van der Waals surface area contributed by atoms with Crippen LogP contribution in [0.2, 0.25) is 0 Å². The van der Waals surface area contributed by atoms with Crippen LogP contribution in [0, 0.1) is 0 Å². The number of hydrogen-bond acceptors (Lipinski definition) is 5. The largest absolute Gasteiger partial charge is 0.372 e. The third-order valence-electron chi connectivity index (χ3n) is 4.90. The number of amides is 1. The summed E-state index contributed by atoms with van der Waals surface area (Å²) in [4.78, 5) is 32.2. The van der Waals surface area contributed by atoms with Crippen molar-refractivity contribution in [2.45, 2.75) is 57.5 Å². The number of fused-ring (bicyclic) bond motifs is 1. The van der Waals surface area contributed by atoms with E-state index in [0.717, 1.165) is 6.42 Å². The minimum atomic E-state index is -0.0430. The predicted molar refractivity (Wildman–Crippen MR) is 108 cm³/mol. The van der Waals surface area contributed by atoms with Gasteiger partial charge >= 0.3 is 0 Å². The van der Waals surface area contributed by atoms with Crippen molar-refractivity contribution in [3.05, 3.63) is 34.6 Å². The molecule has 146 valence electrons. The lowest BCUT2D eigenvalue weighted by Crippen LogP contribution is -2.48. The summed E-state index contributed by atoms with van der Waals surface area (Å²) in [5.41, 5.74) is 0.629. The molecule has 0 aliphatic carbocycles. The minimum absolute atomic E-state index is 0.0237. The van der Waals surface area contributed by atoms with Crippen LogP contribution < -0.4 is 5.56 Å². The number of aromatic nitrogens is 2. The van der Waals surface area contributed by atoms with Gasteiger partial charge in [0, 0.05) is 19.1 Å². The third kappa shape index (κ3) is 4.35. The fraction of sp³-hybridized carbons (Fsp3) is 0.550. The van der Waals surface area contributed by atoms with Gasteiger partial charge in [0.1, 0.15) is 0 Å². The molecule has 7 heteroatoms. The molecule has 0 unspecified atom stereocenters. The van der Waals surface area contributed by atoms with Crippen LogP contribution >= 0.6 is 11.8 Å². The zero-order valence-corrected chi connectivity index (χ0v) is 17.2. The number of para-hydroxylation sites is 1. The Balaban J connectivity index is 1.85. The molecule has 0 radical (unpaired) electrons. The summed E-state index contributed by atoms with van der Waals surface area (Å²) in [5.74, 6) is 0.320. The molecular formula is C20H27N3O3S. The highest BCUT2D eigenvalue weighted by molar-refractivity contribution is 7.99. The van der Waals surface area contributed by atoms with Crippen molar-refractivity contribution in [3.8, 4) is 0 Å². The molecule has 3 rings (SSSR count). The smallest absolute Gasteiger partial charge is 0.262 e. The number of carbonyl (C=O) groups is 1. The van der Waals surface area contributed by atoms with Crippen LogP contribution in [0.4, 0.5) is 0 Å². The fourth-order valence-electron chi connectivity index (χ4n) is 3.40. The van der Waals surface area contributed by atoms with Crippen molar-refractivity contribution in [3.63, 3.8) is 0 Å². The molecule has 1 aromatic carbocycles. The summed E-state index contributed by atoms with van der Waals surface area (Å²) < 4.78 is 7.43. The van der Waals surface area contributed by atoms with E-state index in [1.807, 2.05) is 50.8 Å². The molecule has 27 heavy (non-hydrogen) atoms. The second-order valence-corrected chi connectivity index (χ2v) is 8.13. The molecule has 0 bridgehead atoms. The van der Waals surface area contributed by atoms with Crippen LogP contribution in [0.25, 0.3) is 10.9 Å². The normalized spacial score (nSPS) is 21.4. The van der Waals surface area contributed by atoms with E-state index in [9.17, 15) is 9.59 Å². The summed E-state index contributed by atoms with van der Waals surface area (Å²) in [5, 5.41) is 1.22. The summed E-state index contributed by atoms with van der Waals surface area (Å²) in [6.45, 7) is 9.22. The zero-order chi connectivity index (χ0) is 19.6. The number of rotatable bonds is 5. The highest BCUT2D eigenvalue weighted by Crippen LogP contribution is 2.23. The standard InChI is InChI=1S/C20H27N3O3S/c1-5-13(2)23-19(25)16-8-6-7-9-17(16)21-20(23)27-12-18(24)22-10-14(3)26-15(4)11-22/h6-9,13-15H,5,10-12H2,1-4H3/t13-,14-,15-/m1/s1. The van der Waals surface area contributed by atoms with Crippen LogP contribution in [0.15, 0.2) is 34.2 Å². The average Bonchev–Trinajstić information content (AvgIpc) is 2.65. The molecule has 3 atom stereocenters. The van der Waals surface area contributed by atoms with E-state index in [1.54, 1.807) is 10.6 Å². The molecule has 1 saturated heterocycles. The number of morpholine rings is 1. The van der Waals surface area contributed by atoms with E-state index in [1.165, 1.54) is 11.8 Å². The van der Waals surface area contributed by atoms with E-state index in [0.29, 0.717) is 29.1 Å². The molecule has 0 saturated carbocycles. The van der Waals surface area contributed by atoms with Crippen molar-refractivity contribution < 1.29 is 9.53 Å². The number of carbonyl (C=O) groups excluding carboxylic acids is 1. The predicted octanol–water partition coefficient (Wildman–Crippen LogP) is 3.10. The Kier molecular flexibility index (Phi) is 6.22. The molecule has 0 spiro atoms. The molecule has 1 fully saturated rings. The van der Waals surface area contributed by atoms with Gasteiger partial charge in [0.25, 0.3) is 5.56 Å². The fourth-order valence-corrected chi connectivity index (χ4v) is 4.40. The van der Waals surface area contributed by atoms with Crippen molar-refractivity contribution in [2.24, 2.45) is 0 Å². The van der Waals surface area contributed by atoms with Crippen molar-refractivity contribution in [1.82, 2.24) is 14.5 Å². The van der Waals surface area contributed by atoms with Gasteiger partial charge in [-0.2, -0.15) is 0 Å². The highest BCUT2D eigenvalue weighted by atomic mass is 32.2. The Morgan fingerprint density at radius 2 is 1.96 bits per heavy atom. The quantitative estimate of drug-likeness (QED) is 0.581. The van der Waals surface area contributed by atoms with E-state index in [2.05, 4.69) is 4.98 Å². The Labute approximate surface area is 163 Å². The molecule has 2 aromatic rings. The van der Waals surface area contributed by atoms with Crippen LogP contribution in [0.5, 0.6) is 0 Å². The second kappa shape index (κ2) is 8.44. The molecule has 1 aliphatic rings. The maximum atomic E-state index is 13.0. The second-order valence-electron chi connectivity index (χ2n) is 7.19. The van der Waals surface area contributed by atoms with Crippen LogP contribution in [-0.2, 0) is 9.53 Å². The van der Waals surface area contributed by atoms with Crippen LogP contribution in [-0.4, -0.2) is 51.4 Å². The van der Waals surface area contributed by atoms with Gasteiger partial charge in [-0.25, -0.2) is 4.98 Å². The Bertz CT molecular complexity index is 872. The molecule has 1 aliphatic heterocycles. The van der Waals surface area contributed by atoms with Gasteiger partial charge in [-0.05, 0) is 39.3 Å². The lowest BCUT2D eigenvalue weighted by molar-refractivity contribution is -0.140. The first-order valence-electron chi connectivity index (χ1n) is 9.48. The van der Waals surface area contributed by atoms with Gasteiger partial charge in [-0.1, -0.05) is 30.8 Å². The number of hydrogen-bond donors (Lipinski definition) is 0. The lowest BCUT2D eigenvalue weighted by atomic mass is 10.2. The highest BCUT2D eigenvalue weighted by Gasteiger charge is 2.26. The van der Waals surface area contributed by atoms with Gasteiger partial charge in [0.15, 0.2) is 5.16 Å². The molecule has 6 nitrogen and oxygen atoms in total. The maximum absolute atomic E-state index is 13.0. The topological polar surface area (TPSA) is 64.4 Å². The van der Waals surface area contributed by atoms with Gasteiger partial charge in [-0.3, -0.25) is 14.2 Å². The average molecular weight is 390 g/mol. The summed E-state index contributed by atoms with van der Waals surface area (Å²) in [7, 11) is 0. The van der Waals surface area contributed by atoms with Crippen molar-refractivity contribution >= 4 is 28.6 Å². The first kappa shape index (κ1) is 19.9. The van der Waals surface area contributed by atoms with E-state index in [-0.39, 0.29) is 35.5 Å². The first-order chi connectivity index (χ1) is 12.9.